The van der Waals surface area contributed by atoms with Crippen LogP contribution in [0.25, 0.3) is 0 Å². The molecular weight excluding hydrogens is 247 g/mol. The third kappa shape index (κ3) is 4.27. The molecule has 0 heterocycles. The van der Waals surface area contributed by atoms with Gasteiger partial charge in [-0.3, -0.25) is 4.79 Å². The van der Waals surface area contributed by atoms with Crippen molar-refractivity contribution < 1.29 is 23.1 Å². The first-order valence-electron chi connectivity index (χ1n) is 5.36. The monoisotopic (exact) mass is 261 g/mol. The number of hydrogen-bond acceptors (Lipinski definition) is 2. The number of hydrogen-bond donors (Lipinski definition) is 2. The SMILES string of the molecule is Cc1ccc(O)c(C(=O)NC(C)CC(F)(F)F)c1. The molecule has 0 aromatic heterocycles. The fourth-order valence-corrected chi connectivity index (χ4v) is 1.53. The molecule has 1 atom stereocenters. The Bertz CT molecular complexity index is 443. The van der Waals surface area contributed by atoms with E-state index in [0.29, 0.717) is 0 Å². The lowest BCUT2D eigenvalue weighted by Crippen LogP contribution is -2.36. The topological polar surface area (TPSA) is 49.3 Å². The molecule has 6 heteroatoms. The number of rotatable bonds is 3. The first-order valence-corrected chi connectivity index (χ1v) is 5.36. The van der Waals surface area contributed by atoms with Gasteiger partial charge in [-0.2, -0.15) is 13.2 Å². The molecule has 3 nitrogen and oxygen atoms in total. The van der Waals surface area contributed by atoms with Crippen LogP contribution in [0.2, 0.25) is 0 Å². The summed E-state index contributed by atoms with van der Waals surface area (Å²) in [5.41, 5.74) is 0.713. The summed E-state index contributed by atoms with van der Waals surface area (Å²) in [6.45, 7) is 2.98. The van der Waals surface area contributed by atoms with E-state index in [1.807, 2.05) is 0 Å². The molecule has 100 valence electrons. The van der Waals surface area contributed by atoms with Crippen LogP contribution in [0, 0.1) is 6.92 Å². The second-order valence-electron chi connectivity index (χ2n) is 4.21. The van der Waals surface area contributed by atoms with Gasteiger partial charge in [-0.15, -0.1) is 0 Å². The van der Waals surface area contributed by atoms with Gasteiger partial charge in [0.05, 0.1) is 12.0 Å². The molecule has 0 spiro atoms. The molecule has 0 aliphatic rings. The minimum absolute atomic E-state index is 0.0241. The minimum Gasteiger partial charge on any atom is -0.507 e. The largest absolute Gasteiger partial charge is 0.507 e. The molecule has 1 aromatic rings. The number of nitrogens with one attached hydrogen (secondary N) is 1. The number of carbonyl (C=O) groups excluding carboxylic acids is 1. The molecule has 0 fully saturated rings. The highest BCUT2D eigenvalue weighted by Gasteiger charge is 2.30. The molecule has 0 aliphatic heterocycles. The summed E-state index contributed by atoms with van der Waals surface area (Å²) in [6.07, 6.45) is -5.44. The third-order valence-corrected chi connectivity index (χ3v) is 2.31. The van der Waals surface area contributed by atoms with E-state index < -0.39 is 24.5 Å². The second-order valence-corrected chi connectivity index (χ2v) is 4.21. The number of phenols is 1. The quantitative estimate of drug-likeness (QED) is 0.879. The smallest absolute Gasteiger partial charge is 0.391 e. The summed E-state index contributed by atoms with van der Waals surface area (Å²) in [6, 6.07) is 3.31. The van der Waals surface area contributed by atoms with Crippen molar-refractivity contribution in [3.8, 4) is 5.75 Å². The molecule has 1 amide bonds. The number of phenolic OH excluding ortho intramolecular Hbond substituents is 1. The van der Waals surface area contributed by atoms with Crippen molar-refractivity contribution in [2.24, 2.45) is 0 Å². The fraction of sp³-hybridized carbons (Fsp3) is 0.417. The van der Waals surface area contributed by atoms with E-state index in [1.54, 1.807) is 13.0 Å². The Kier molecular flexibility index (Phi) is 4.21. The van der Waals surface area contributed by atoms with Crippen molar-refractivity contribution in [3.63, 3.8) is 0 Å². The van der Waals surface area contributed by atoms with E-state index in [1.165, 1.54) is 19.1 Å². The molecule has 18 heavy (non-hydrogen) atoms. The molecule has 2 N–H and O–H groups in total. The van der Waals surface area contributed by atoms with Gasteiger partial charge in [0.2, 0.25) is 0 Å². The Labute approximate surface area is 103 Å². The van der Waals surface area contributed by atoms with Crippen LogP contribution in [-0.2, 0) is 0 Å². The second kappa shape index (κ2) is 5.29. The van der Waals surface area contributed by atoms with Crippen LogP contribution in [0.1, 0.15) is 29.3 Å². The zero-order valence-electron chi connectivity index (χ0n) is 10.0. The Morgan fingerprint density at radius 3 is 2.61 bits per heavy atom. The fourth-order valence-electron chi connectivity index (χ4n) is 1.53. The summed E-state index contributed by atoms with van der Waals surface area (Å²) >= 11 is 0. The van der Waals surface area contributed by atoms with Gasteiger partial charge in [0.1, 0.15) is 5.75 Å². The summed E-state index contributed by atoms with van der Waals surface area (Å²) in [7, 11) is 0. The Balaban J connectivity index is 2.74. The van der Waals surface area contributed by atoms with E-state index in [-0.39, 0.29) is 11.3 Å². The average molecular weight is 261 g/mol. The number of alkyl halides is 3. The van der Waals surface area contributed by atoms with Crippen LogP contribution < -0.4 is 5.32 Å². The van der Waals surface area contributed by atoms with Crippen LogP contribution in [0.5, 0.6) is 5.75 Å². The summed E-state index contributed by atoms with van der Waals surface area (Å²) in [4.78, 5) is 11.7. The maximum absolute atomic E-state index is 12.1. The lowest BCUT2D eigenvalue weighted by atomic mass is 10.1. The summed E-state index contributed by atoms with van der Waals surface area (Å²) < 4.78 is 36.3. The number of amides is 1. The molecule has 1 aromatic carbocycles. The maximum Gasteiger partial charge on any atom is 0.391 e. The highest BCUT2D eigenvalue weighted by atomic mass is 19.4. The van der Waals surface area contributed by atoms with E-state index in [4.69, 9.17) is 0 Å². The zero-order chi connectivity index (χ0) is 13.9. The Morgan fingerprint density at radius 1 is 1.44 bits per heavy atom. The van der Waals surface area contributed by atoms with Crippen LogP contribution in [-0.4, -0.2) is 23.2 Å². The number of carbonyl (C=O) groups is 1. The number of aromatic hydroxyl groups is 1. The molecular formula is C12H14F3NO2. The van der Waals surface area contributed by atoms with Gasteiger partial charge >= 0.3 is 6.18 Å². The van der Waals surface area contributed by atoms with Crippen molar-refractivity contribution in [2.45, 2.75) is 32.5 Å². The van der Waals surface area contributed by atoms with Crippen molar-refractivity contribution in [1.82, 2.24) is 5.32 Å². The highest BCUT2D eigenvalue weighted by molar-refractivity contribution is 5.97. The van der Waals surface area contributed by atoms with Gasteiger partial charge in [0, 0.05) is 6.04 Å². The van der Waals surface area contributed by atoms with Crippen LogP contribution >= 0.6 is 0 Å². The standard InChI is InChI=1S/C12H14F3NO2/c1-7-3-4-10(17)9(5-7)11(18)16-8(2)6-12(13,14)15/h3-5,8,17H,6H2,1-2H3,(H,16,18). The van der Waals surface area contributed by atoms with Gasteiger partial charge in [-0.05, 0) is 26.0 Å². The van der Waals surface area contributed by atoms with E-state index in [0.717, 1.165) is 5.56 Å². The van der Waals surface area contributed by atoms with Gasteiger partial charge in [-0.25, -0.2) is 0 Å². The van der Waals surface area contributed by atoms with E-state index in [2.05, 4.69) is 5.32 Å². The van der Waals surface area contributed by atoms with Crippen molar-refractivity contribution in [3.05, 3.63) is 29.3 Å². The molecule has 0 bridgehead atoms. The van der Waals surface area contributed by atoms with E-state index >= 15 is 0 Å². The van der Waals surface area contributed by atoms with Crippen molar-refractivity contribution in [2.75, 3.05) is 0 Å². The lowest BCUT2D eigenvalue weighted by Gasteiger charge is -2.16. The predicted octanol–water partition coefficient (Wildman–Crippen LogP) is 2.77. The Hall–Kier alpha value is -1.72. The van der Waals surface area contributed by atoms with Crippen LogP contribution in [0.3, 0.4) is 0 Å². The van der Waals surface area contributed by atoms with E-state index in [9.17, 15) is 23.1 Å². The molecule has 0 aliphatic carbocycles. The average Bonchev–Trinajstić information content (AvgIpc) is 2.18. The molecule has 1 rings (SSSR count). The highest BCUT2D eigenvalue weighted by Crippen LogP contribution is 2.22. The van der Waals surface area contributed by atoms with Crippen LogP contribution in [0.4, 0.5) is 13.2 Å². The first kappa shape index (κ1) is 14.3. The number of aryl methyl sites for hydroxylation is 1. The summed E-state index contributed by atoms with van der Waals surface area (Å²) in [5.74, 6) is -0.967. The molecule has 1 unspecified atom stereocenters. The maximum atomic E-state index is 12.1. The predicted molar refractivity (Wildman–Crippen MR) is 60.4 cm³/mol. The normalized spacial score (nSPS) is 13.2. The molecule has 0 radical (unpaired) electrons. The molecule has 0 saturated heterocycles. The third-order valence-electron chi connectivity index (χ3n) is 2.31. The van der Waals surface area contributed by atoms with Gasteiger partial charge in [0.15, 0.2) is 0 Å². The first-order chi connectivity index (χ1) is 8.19. The summed E-state index contributed by atoms with van der Waals surface area (Å²) in [5, 5.41) is 11.7. The number of halogens is 3. The van der Waals surface area contributed by atoms with Crippen LogP contribution in [0.15, 0.2) is 18.2 Å². The molecule has 0 saturated carbocycles. The van der Waals surface area contributed by atoms with Crippen molar-refractivity contribution in [1.29, 1.82) is 0 Å². The van der Waals surface area contributed by atoms with Crippen molar-refractivity contribution >= 4 is 5.91 Å². The van der Waals surface area contributed by atoms with Gasteiger partial charge in [-0.1, -0.05) is 11.6 Å². The number of benzene rings is 1. The zero-order valence-corrected chi connectivity index (χ0v) is 10.0. The van der Waals surface area contributed by atoms with Gasteiger partial charge in [0.25, 0.3) is 5.91 Å². The minimum atomic E-state index is -4.33. The van der Waals surface area contributed by atoms with Gasteiger partial charge < -0.3 is 10.4 Å². The Morgan fingerprint density at radius 2 is 2.06 bits per heavy atom. The lowest BCUT2D eigenvalue weighted by molar-refractivity contribution is -0.138.